The topological polar surface area (TPSA) is 55.1 Å². The highest BCUT2D eigenvalue weighted by atomic mass is 35.5. The van der Waals surface area contributed by atoms with Crippen LogP contribution < -0.4 is 11.1 Å². The predicted octanol–water partition coefficient (Wildman–Crippen LogP) is 4.04. The van der Waals surface area contributed by atoms with Crippen molar-refractivity contribution in [2.75, 3.05) is 0 Å². The summed E-state index contributed by atoms with van der Waals surface area (Å²) in [5.74, 6) is 1.72. The molecule has 0 aromatic carbocycles. The lowest BCUT2D eigenvalue weighted by molar-refractivity contribution is -0.128. The van der Waals surface area contributed by atoms with Crippen LogP contribution in [0.1, 0.15) is 78.1 Å². The smallest absolute Gasteiger partial charge is 0.223 e. The van der Waals surface area contributed by atoms with Crippen molar-refractivity contribution in [2.45, 2.75) is 90.1 Å². The van der Waals surface area contributed by atoms with Gasteiger partial charge in [-0.15, -0.1) is 12.4 Å². The first kappa shape index (κ1) is 19.8. The number of halogens is 1. The fraction of sp³-hybridized carbons (Fsp3) is 0.944. The summed E-state index contributed by atoms with van der Waals surface area (Å²) in [6.07, 6.45) is 12.1. The number of hydrogen-bond acceptors (Lipinski definition) is 2. The maximum Gasteiger partial charge on any atom is 0.223 e. The summed E-state index contributed by atoms with van der Waals surface area (Å²) in [7, 11) is 0. The van der Waals surface area contributed by atoms with E-state index < -0.39 is 0 Å². The molecule has 0 heterocycles. The molecule has 0 radical (unpaired) electrons. The Balaban J connectivity index is 0.00000242. The van der Waals surface area contributed by atoms with E-state index in [1.165, 1.54) is 32.1 Å². The van der Waals surface area contributed by atoms with Gasteiger partial charge in [0, 0.05) is 18.0 Å². The van der Waals surface area contributed by atoms with E-state index in [4.69, 9.17) is 5.73 Å². The number of carbonyl (C=O) groups excluding carboxylic acids is 1. The zero-order chi connectivity index (χ0) is 15.2. The lowest BCUT2D eigenvalue weighted by Gasteiger charge is -2.31. The van der Waals surface area contributed by atoms with E-state index in [9.17, 15) is 4.79 Å². The summed E-state index contributed by atoms with van der Waals surface area (Å²) < 4.78 is 0. The maximum absolute atomic E-state index is 12.7. The molecule has 0 bridgehead atoms. The summed E-state index contributed by atoms with van der Waals surface area (Å²) in [6, 6.07) is 0.714. The normalized spacial score (nSPS) is 28.0. The average molecular weight is 331 g/mol. The van der Waals surface area contributed by atoms with Crippen LogP contribution in [0.2, 0.25) is 0 Å². The van der Waals surface area contributed by atoms with Gasteiger partial charge < -0.3 is 11.1 Å². The van der Waals surface area contributed by atoms with E-state index >= 15 is 0 Å². The lowest BCUT2D eigenvalue weighted by Crippen LogP contribution is -2.44. The minimum atomic E-state index is 0. The minimum absolute atomic E-state index is 0. The summed E-state index contributed by atoms with van der Waals surface area (Å²) in [5.41, 5.74) is 5.95. The first-order valence-electron chi connectivity index (χ1n) is 9.12. The molecule has 3 N–H and O–H groups in total. The molecular formula is C18H35ClN2O. The number of rotatable bonds is 5. The fourth-order valence-corrected chi connectivity index (χ4v) is 4.04. The molecule has 22 heavy (non-hydrogen) atoms. The van der Waals surface area contributed by atoms with Crippen LogP contribution >= 0.6 is 12.4 Å². The van der Waals surface area contributed by atoms with Crippen LogP contribution in [0.15, 0.2) is 0 Å². The van der Waals surface area contributed by atoms with Crippen molar-refractivity contribution in [2.24, 2.45) is 23.5 Å². The molecular weight excluding hydrogens is 296 g/mol. The molecule has 2 aliphatic rings. The number of hydrogen-bond donors (Lipinski definition) is 2. The van der Waals surface area contributed by atoms with Gasteiger partial charge in [-0.25, -0.2) is 0 Å². The molecule has 3 nitrogen and oxygen atoms in total. The first-order chi connectivity index (χ1) is 10.1. The molecule has 2 fully saturated rings. The third kappa shape index (κ3) is 6.08. The molecule has 4 heteroatoms. The van der Waals surface area contributed by atoms with Crippen molar-refractivity contribution >= 4 is 18.3 Å². The van der Waals surface area contributed by atoms with Crippen molar-refractivity contribution in [1.82, 2.24) is 5.32 Å². The first-order valence-corrected chi connectivity index (χ1v) is 9.12. The van der Waals surface area contributed by atoms with Crippen molar-refractivity contribution in [3.8, 4) is 0 Å². The van der Waals surface area contributed by atoms with Crippen molar-refractivity contribution in [1.29, 1.82) is 0 Å². The monoisotopic (exact) mass is 330 g/mol. The van der Waals surface area contributed by atoms with E-state index in [-0.39, 0.29) is 18.3 Å². The molecule has 1 unspecified atom stereocenters. The molecule has 130 valence electrons. The van der Waals surface area contributed by atoms with Gasteiger partial charge in [0.15, 0.2) is 0 Å². The third-order valence-electron chi connectivity index (χ3n) is 5.57. The Labute approximate surface area is 142 Å². The molecule has 0 spiro atoms. The van der Waals surface area contributed by atoms with Crippen LogP contribution in [0.5, 0.6) is 0 Å². The van der Waals surface area contributed by atoms with Crippen LogP contribution in [-0.4, -0.2) is 18.0 Å². The van der Waals surface area contributed by atoms with Crippen LogP contribution in [0.4, 0.5) is 0 Å². The van der Waals surface area contributed by atoms with Gasteiger partial charge in [-0.3, -0.25) is 4.79 Å². The van der Waals surface area contributed by atoms with Crippen LogP contribution in [0.3, 0.4) is 0 Å². The Hall–Kier alpha value is -0.280. The van der Waals surface area contributed by atoms with Crippen LogP contribution in [-0.2, 0) is 4.79 Å². The van der Waals surface area contributed by atoms with E-state index in [2.05, 4.69) is 19.2 Å². The second kappa shape index (κ2) is 9.77. The summed E-state index contributed by atoms with van der Waals surface area (Å²) in [6.45, 7) is 4.40. The fourth-order valence-electron chi connectivity index (χ4n) is 4.04. The molecule has 1 amide bonds. The van der Waals surface area contributed by atoms with E-state index in [1.54, 1.807) is 0 Å². The standard InChI is InChI=1S/C18H34N2O.ClH/c1-13(2)17(12-14-6-4-3-5-7-14)18(21)20-16-10-8-15(19)9-11-16;/h13-17H,3-12,19H2,1-2H3,(H,20,21);1H. The van der Waals surface area contributed by atoms with Crippen molar-refractivity contribution in [3.05, 3.63) is 0 Å². The minimum Gasteiger partial charge on any atom is -0.353 e. The second-order valence-corrected chi connectivity index (χ2v) is 7.71. The summed E-state index contributed by atoms with van der Waals surface area (Å²) in [4.78, 5) is 12.7. The zero-order valence-electron chi connectivity index (χ0n) is 14.4. The Morgan fingerprint density at radius 3 is 2.18 bits per heavy atom. The summed E-state index contributed by atoms with van der Waals surface area (Å²) in [5, 5.41) is 3.32. The van der Waals surface area contributed by atoms with Gasteiger partial charge in [0.1, 0.15) is 0 Å². The number of nitrogens with two attached hydrogens (primary N) is 1. The maximum atomic E-state index is 12.7. The molecule has 0 aromatic heterocycles. The summed E-state index contributed by atoms with van der Waals surface area (Å²) >= 11 is 0. The molecule has 0 aliphatic heterocycles. The third-order valence-corrected chi connectivity index (χ3v) is 5.57. The Morgan fingerprint density at radius 1 is 1.05 bits per heavy atom. The van der Waals surface area contributed by atoms with Gasteiger partial charge in [-0.05, 0) is 43.9 Å². The number of carbonyl (C=O) groups is 1. The Kier molecular flexibility index (Phi) is 8.78. The van der Waals surface area contributed by atoms with E-state index in [0.29, 0.717) is 23.9 Å². The average Bonchev–Trinajstić information content (AvgIpc) is 2.48. The van der Waals surface area contributed by atoms with Gasteiger partial charge in [-0.2, -0.15) is 0 Å². The van der Waals surface area contributed by atoms with Crippen LogP contribution in [0, 0.1) is 17.8 Å². The second-order valence-electron chi connectivity index (χ2n) is 7.71. The van der Waals surface area contributed by atoms with Gasteiger partial charge >= 0.3 is 0 Å². The van der Waals surface area contributed by atoms with E-state index in [1.807, 2.05) is 0 Å². The van der Waals surface area contributed by atoms with Crippen molar-refractivity contribution < 1.29 is 4.79 Å². The van der Waals surface area contributed by atoms with Gasteiger partial charge in [0.25, 0.3) is 0 Å². The zero-order valence-corrected chi connectivity index (χ0v) is 15.2. The SMILES string of the molecule is CC(C)C(CC1CCCCC1)C(=O)NC1CCC(N)CC1.Cl. The van der Waals surface area contributed by atoms with Crippen LogP contribution in [0.25, 0.3) is 0 Å². The Bertz CT molecular complexity index is 321. The van der Waals surface area contributed by atoms with Gasteiger partial charge in [0.2, 0.25) is 5.91 Å². The molecule has 1 atom stereocenters. The number of nitrogens with one attached hydrogen (secondary N) is 1. The Morgan fingerprint density at radius 2 is 1.64 bits per heavy atom. The highest BCUT2D eigenvalue weighted by molar-refractivity contribution is 5.85. The lowest BCUT2D eigenvalue weighted by atomic mass is 9.78. The predicted molar refractivity (Wildman–Crippen MR) is 95.1 cm³/mol. The van der Waals surface area contributed by atoms with Crippen molar-refractivity contribution in [3.63, 3.8) is 0 Å². The molecule has 0 saturated heterocycles. The molecule has 2 saturated carbocycles. The largest absolute Gasteiger partial charge is 0.353 e. The highest BCUT2D eigenvalue weighted by Gasteiger charge is 2.29. The molecule has 2 rings (SSSR count). The highest BCUT2D eigenvalue weighted by Crippen LogP contribution is 2.32. The van der Waals surface area contributed by atoms with Gasteiger partial charge in [-0.1, -0.05) is 46.0 Å². The van der Waals surface area contributed by atoms with Gasteiger partial charge in [0.05, 0.1) is 0 Å². The quantitative estimate of drug-likeness (QED) is 0.799. The number of amides is 1. The molecule has 2 aliphatic carbocycles. The molecule has 0 aromatic rings. The van der Waals surface area contributed by atoms with E-state index in [0.717, 1.165) is 38.0 Å².